The number of alkyl halides is 1. The molecule has 0 saturated carbocycles. The van der Waals surface area contributed by atoms with Gasteiger partial charge in [0.05, 0.1) is 4.90 Å². The number of benzene rings is 1. The van der Waals surface area contributed by atoms with E-state index >= 15 is 0 Å². The maximum Gasteiger partial charge on any atom is 0.238 e. The summed E-state index contributed by atoms with van der Waals surface area (Å²) in [6, 6.07) is 6.26. The first kappa shape index (κ1) is 11.2. The SMILES string of the molecule is NS(=O)(=O)c1ccc(C=CCCl)cc1. The minimum atomic E-state index is -3.59. The molecule has 3 nitrogen and oxygen atoms in total. The number of allylic oxidation sites excluding steroid dienone is 1. The molecule has 0 amide bonds. The molecule has 0 radical (unpaired) electrons. The molecule has 0 heterocycles. The lowest BCUT2D eigenvalue weighted by molar-refractivity contribution is 0.598. The molecule has 76 valence electrons. The van der Waals surface area contributed by atoms with Crippen LogP contribution < -0.4 is 5.14 Å². The maximum absolute atomic E-state index is 10.9. The molecule has 14 heavy (non-hydrogen) atoms. The number of rotatable bonds is 3. The zero-order valence-electron chi connectivity index (χ0n) is 7.35. The Balaban J connectivity index is 2.95. The van der Waals surface area contributed by atoms with Gasteiger partial charge in [-0.05, 0) is 17.7 Å². The van der Waals surface area contributed by atoms with E-state index in [-0.39, 0.29) is 4.90 Å². The van der Waals surface area contributed by atoms with Crippen molar-refractivity contribution in [3.8, 4) is 0 Å². The summed E-state index contributed by atoms with van der Waals surface area (Å²) in [7, 11) is -3.59. The molecule has 2 N–H and O–H groups in total. The predicted molar refractivity (Wildman–Crippen MR) is 57.6 cm³/mol. The van der Waals surface area contributed by atoms with Gasteiger partial charge in [-0.3, -0.25) is 0 Å². The molecule has 0 aliphatic rings. The zero-order chi connectivity index (χ0) is 10.6. The molecular formula is C9H10ClNO2S. The first-order valence-corrected chi connectivity index (χ1v) is 5.97. The lowest BCUT2D eigenvalue weighted by atomic mass is 10.2. The fourth-order valence-corrected chi connectivity index (χ4v) is 1.55. The van der Waals surface area contributed by atoms with Crippen LogP contribution in [0.2, 0.25) is 0 Å². The molecule has 0 saturated heterocycles. The van der Waals surface area contributed by atoms with Gasteiger partial charge in [0.1, 0.15) is 0 Å². The number of nitrogens with two attached hydrogens (primary N) is 1. The molecule has 0 fully saturated rings. The maximum atomic E-state index is 10.9. The Labute approximate surface area is 88.2 Å². The fourth-order valence-electron chi connectivity index (χ4n) is 0.949. The summed E-state index contributed by atoms with van der Waals surface area (Å²) in [5, 5.41) is 4.94. The number of hydrogen-bond acceptors (Lipinski definition) is 2. The summed E-state index contributed by atoms with van der Waals surface area (Å²) < 4.78 is 21.8. The molecule has 0 unspecified atom stereocenters. The van der Waals surface area contributed by atoms with Gasteiger partial charge in [-0.1, -0.05) is 24.3 Å². The fraction of sp³-hybridized carbons (Fsp3) is 0.111. The normalized spacial score (nSPS) is 12.1. The van der Waals surface area contributed by atoms with Crippen molar-refractivity contribution >= 4 is 27.7 Å². The van der Waals surface area contributed by atoms with Crippen LogP contribution in [0.3, 0.4) is 0 Å². The van der Waals surface area contributed by atoms with Gasteiger partial charge in [0.25, 0.3) is 0 Å². The molecular weight excluding hydrogens is 222 g/mol. The van der Waals surface area contributed by atoms with Gasteiger partial charge < -0.3 is 0 Å². The van der Waals surface area contributed by atoms with E-state index in [2.05, 4.69) is 0 Å². The Bertz CT molecular complexity index is 423. The third kappa shape index (κ3) is 3.14. The van der Waals surface area contributed by atoms with Crippen LogP contribution in [0.1, 0.15) is 5.56 Å². The van der Waals surface area contributed by atoms with Crippen molar-refractivity contribution in [2.75, 3.05) is 5.88 Å². The van der Waals surface area contributed by atoms with Crippen LogP contribution in [0.15, 0.2) is 35.2 Å². The van der Waals surface area contributed by atoms with Gasteiger partial charge in [0.2, 0.25) is 10.0 Å². The summed E-state index contributed by atoms with van der Waals surface area (Å²) in [6.45, 7) is 0. The average Bonchev–Trinajstić information content (AvgIpc) is 2.14. The van der Waals surface area contributed by atoms with Crippen LogP contribution in [0, 0.1) is 0 Å². The van der Waals surface area contributed by atoms with Crippen LogP contribution in [-0.4, -0.2) is 14.3 Å². The first-order chi connectivity index (χ1) is 6.54. The largest absolute Gasteiger partial charge is 0.238 e. The molecule has 1 rings (SSSR count). The lowest BCUT2D eigenvalue weighted by Crippen LogP contribution is -2.11. The van der Waals surface area contributed by atoms with Gasteiger partial charge in [0, 0.05) is 5.88 Å². The standard InChI is InChI=1S/C9H10ClNO2S/c10-7-1-2-8-3-5-9(6-4-8)14(11,12)13/h1-6H,7H2,(H2,11,12,13). The Morgan fingerprint density at radius 3 is 2.29 bits per heavy atom. The second-order valence-corrected chi connectivity index (χ2v) is 4.54. The second-order valence-electron chi connectivity index (χ2n) is 2.67. The van der Waals surface area contributed by atoms with Gasteiger partial charge in [0.15, 0.2) is 0 Å². The highest BCUT2D eigenvalue weighted by molar-refractivity contribution is 7.89. The number of halogens is 1. The van der Waals surface area contributed by atoms with Crippen LogP contribution in [0.5, 0.6) is 0 Å². The van der Waals surface area contributed by atoms with E-state index in [1.165, 1.54) is 12.1 Å². The summed E-state index contributed by atoms with van der Waals surface area (Å²) in [6.07, 6.45) is 3.58. The predicted octanol–water partition coefficient (Wildman–Crippen LogP) is 1.59. The van der Waals surface area contributed by atoms with Crippen molar-refractivity contribution in [3.63, 3.8) is 0 Å². The van der Waals surface area contributed by atoms with E-state index in [0.717, 1.165) is 5.56 Å². The molecule has 5 heteroatoms. The smallest absolute Gasteiger partial charge is 0.225 e. The van der Waals surface area contributed by atoms with E-state index in [0.29, 0.717) is 5.88 Å². The summed E-state index contributed by atoms with van der Waals surface area (Å²) in [5.74, 6) is 0.428. The van der Waals surface area contributed by atoms with Crippen molar-refractivity contribution in [2.45, 2.75) is 4.90 Å². The summed E-state index contributed by atoms with van der Waals surface area (Å²) >= 11 is 5.45. The minimum absolute atomic E-state index is 0.112. The van der Waals surface area contributed by atoms with Crippen molar-refractivity contribution in [3.05, 3.63) is 35.9 Å². The number of primary sulfonamides is 1. The third-order valence-electron chi connectivity index (χ3n) is 1.61. The van der Waals surface area contributed by atoms with E-state index < -0.39 is 10.0 Å². The molecule has 0 aliphatic heterocycles. The van der Waals surface area contributed by atoms with Crippen molar-refractivity contribution in [1.29, 1.82) is 0 Å². The van der Waals surface area contributed by atoms with Crippen molar-refractivity contribution in [2.24, 2.45) is 5.14 Å². The van der Waals surface area contributed by atoms with Gasteiger partial charge >= 0.3 is 0 Å². The molecule has 1 aromatic rings. The monoisotopic (exact) mass is 231 g/mol. The topological polar surface area (TPSA) is 60.2 Å². The van der Waals surface area contributed by atoms with Crippen molar-refractivity contribution < 1.29 is 8.42 Å². The summed E-state index contributed by atoms with van der Waals surface area (Å²) in [4.78, 5) is 0.112. The highest BCUT2D eigenvalue weighted by atomic mass is 35.5. The van der Waals surface area contributed by atoms with E-state index in [1.54, 1.807) is 24.3 Å². The molecule has 0 aromatic heterocycles. The van der Waals surface area contributed by atoms with E-state index in [1.807, 2.05) is 0 Å². The highest BCUT2D eigenvalue weighted by Gasteiger charge is 2.05. The van der Waals surface area contributed by atoms with Crippen LogP contribution in [-0.2, 0) is 10.0 Å². The molecule has 0 atom stereocenters. The Kier molecular flexibility index (Phi) is 3.69. The highest BCUT2D eigenvalue weighted by Crippen LogP contribution is 2.09. The van der Waals surface area contributed by atoms with Crippen LogP contribution in [0.4, 0.5) is 0 Å². The molecule has 1 aromatic carbocycles. The average molecular weight is 232 g/mol. The molecule has 0 bridgehead atoms. The molecule has 0 aliphatic carbocycles. The number of sulfonamides is 1. The minimum Gasteiger partial charge on any atom is -0.225 e. The van der Waals surface area contributed by atoms with Gasteiger partial charge in [-0.15, -0.1) is 11.6 Å². The van der Waals surface area contributed by atoms with Crippen LogP contribution in [0.25, 0.3) is 6.08 Å². The van der Waals surface area contributed by atoms with E-state index in [4.69, 9.17) is 16.7 Å². The lowest BCUT2D eigenvalue weighted by Gasteiger charge is -1.97. The van der Waals surface area contributed by atoms with Gasteiger partial charge in [-0.2, -0.15) is 0 Å². The Morgan fingerprint density at radius 1 is 1.29 bits per heavy atom. The second kappa shape index (κ2) is 4.59. The Hall–Kier alpha value is -0.840. The van der Waals surface area contributed by atoms with Crippen LogP contribution >= 0.6 is 11.6 Å². The summed E-state index contributed by atoms with van der Waals surface area (Å²) in [5.41, 5.74) is 0.887. The number of hydrogen-bond donors (Lipinski definition) is 1. The van der Waals surface area contributed by atoms with Crippen molar-refractivity contribution in [1.82, 2.24) is 0 Å². The first-order valence-electron chi connectivity index (χ1n) is 3.89. The zero-order valence-corrected chi connectivity index (χ0v) is 8.92. The van der Waals surface area contributed by atoms with Gasteiger partial charge in [-0.25, -0.2) is 13.6 Å². The van der Waals surface area contributed by atoms with E-state index in [9.17, 15) is 8.42 Å². The Morgan fingerprint density at radius 2 is 1.86 bits per heavy atom. The third-order valence-corrected chi connectivity index (χ3v) is 2.72. The quantitative estimate of drug-likeness (QED) is 0.803. The molecule has 0 spiro atoms.